The zero-order chi connectivity index (χ0) is 24.2. The summed E-state index contributed by atoms with van der Waals surface area (Å²) in [6, 6.07) is 9.49. The first-order chi connectivity index (χ1) is 17.1. The molecule has 1 aliphatic carbocycles. The Kier molecular flexibility index (Phi) is 7.75. The number of aromatic nitrogens is 2. The molecule has 0 radical (unpaired) electrons. The van der Waals surface area contributed by atoms with Gasteiger partial charge in [0, 0.05) is 50.1 Å². The number of carbonyl (C=O) groups is 1. The van der Waals surface area contributed by atoms with E-state index in [0.29, 0.717) is 30.3 Å². The van der Waals surface area contributed by atoms with E-state index in [1.165, 1.54) is 11.1 Å². The normalized spacial score (nSPS) is 23.4. The van der Waals surface area contributed by atoms with Crippen LogP contribution in [0.25, 0.3) is 0 Å². The smallest absolute Gasteiger partial charge is 0.272 e. The lowest BCUT2D eigenvalue weighted by atomic mass is 9.96. The van der Waals surface area contributed by atoms with E-state index >= 15 is 0 Å². The fourth-order valence-corrected chi connectivity index (χ4v) is 5.99. The number of hydrogen-bond acceptors (Lipinski definition) is 6. The molecule has 0 spiro atoms. The third kappa shape index (κ3) is 5.57. The number of aryl methyl sites for hydroxylation is 1. The molecule has 2 aromatic rings. The molecule has 1 amide bonds. The highest BCUT2D eigenvalue weighted by molar-refractivity contribution is 5.93. The summed E-state index contributed by atoms with van der Waals surface area (Å²) in [7, 11) is 1.75. The van der Waals surface area contributed by atoms with Crippen molar-refractivity contribution in [2.45, 2.75) is 70.1 Å². The first-order valence-corrected chi connectivity index (χ1v) is 13.2. The van der Waals surface area contributed by atoms with E-state index in [1.54, 1.807) is 13.4 Å². The van der Waals surface area contributed by atoms with Crippen LogP contribution in [0, 0.1) is 12.8 Å². The molecule has 3 aliphatic rings. The maximum Gasteiger partial charge on any atom is 0.272 e. The minimum Gasteiger partial charge on any atom is -0.379 e. The van der Waals surface area contributed by atoms with E-state index in [0.717, 1.165) is 75.9 Å². The SMILES string of the molecule is COC1COCCC1NC1CCN(C(=O)c2ncnc(CCC3Cc4ccccc4C3)c2C)CC1. The van der Waals surface area contributed by atoms with Crippen molar-refractivity contribution >= 4 is 5.91 Å². The van der Waals surface area contributed by atoms with E-state index in [-0.39, 0.29) is 12.0 Å². The minimum atomic E-state index is 0.0405. The second kappa shape index (κ2) is 11.1. The zero-order valence-corrected chi connectivity index (χ0v) is 21.0. The molecule has 7 heteroatoms. The van der Waals surface area contributed by atoms with Gasteiger partial charge in [0.25, 0.3) is 5.91 Å². The number of nitrogens with zero attached hydrogens (tertiary/aromatic N) is 3. The molecule has 1 aromatic heterocycles. The second-order valence-corrected chi connectivity index (χ2v) is 10.4. The molecular formula is C28H38N4O3. The van der Waals surface area contributed by atoms with Gasteiger partial charge in [-0.05, 0) is 68.9 Å². The first-order valence-electron chi connectivity index (χ1n) is 13.2. The highest BCUT2D eigenvalue weighted by Gasteiger charge is 2.31. The number of ether oxygens (including phenoxy) is 2. The van der Waals surface area contributed by atoms with Gasteiger partial charge < -0.3 is 19.7 Å². The van der Waals surface area contributed by atoms with Crippen molar-refractivity contribution in [2.24, 2.45) is 5.92 Å². The third-order valence-electron chi connectivity index (χ3n) is 8.15. The molecule has 0 bridgehead atoms. The molecule has 188 valence electrons. The Balaban J connectivity index is 1.14. The summed E-state index contributed by atoms with van der Waals surface area (Å²) in [5.74, 6) is 0.694. The molecule has 2 fully saturated rings. The maximum absolute atomic E-state index is 13.4. The summed E-state index contributed by atoms with van der Waals surface area (Å²) in [6.07, 6.45) is 8.80. The van der Waals surface area contributed by atoms with Gasteiger partial charge in [-0.3, -0.25) is 4.79 Å². The number of fused-ring (bicyclic) bond motifs is 1. The van der Waals surface area contributed by atoms with Gasteiger partial charge in [-0.1, -0.05) is 24.3 Å². The number of carbonyl (C=O) groups excluding carboxylic acids is 1. The Bertz CT molecular complexity index is 996. The Morgan fingerprint density at radius 2 is 1.89 bits per heavy atom. The van der Waals surface area contributed by atoms with E-state index in [1.807, 2.05) is 11.8 Å². The van der Waals surface area contributed by atoms with E-state index in [4.69, 9.17) is 9.47 Å². The van der Waals surface area contributed by atoms with Crippen molar-refractivity contribution in [3.05, 3.63) is 58.7 Å². The first kappa shape index (κ1) is 24.3. The number of likely N-dealkylation sites (tertiary alicyclic amines) is 1. The van der Waals surface area contributed by atoms with Crippen molar-refractivity contribution < 1.29 is 14.3 Å². The van der Waals surface area contributed by atoms with E-state index in [2.05, 4.69) is 39.6 Å². The molecule has 35 heavy (non-hydrogen) atoms. The number of methoxy groups -OCH3 is 1. The largest absolute Gasteiger partial charge is 0.379 e. The predicted octanol–water partition coefficient (Wildman–Crippen LogP) is 3.13. The van der Waals surface area contributed by atoms with E-state index < -0.39 is 0 Å². The van der Waals surface area contributed by atoms with Gasteiger partial charge in [0.2, 0.25) is 0 Å². The van der Waals surface area contributed by atoms with Crippen LogP contribution >= 0.6 is 0 Å². The average molecular weight is 479 g/mol. The molecule has 2 aliphatic heterocycles. The zero-order valence-electron chi connectivity index (χ0n) is 21.0. The Hall–Kier alpha value is -2.35. The lowest BCUT2D eigenvalue weighted by Gasteiger charge is -2.38. The van der Waals surface area contributed by atoms with Crippen LogP contribution in [0.15, 0.2) is 30.6 Å². The number of rotatable bonds is 7. The number of piperidine rings is 1. The molecule has 1 N–H and O–H groups in total. The molecule has 0 saturated carbocycles. The monoisotopic (exact) mass is 478 g/mol. The number of hydrogen-bond donors (Lipinski definition) is 1. The molecule has 7 nitrogen and oxygen atoms in total. The van der Waals surface area contributed by atoms with Gasteiger partial charge in [-0.25, -0.2) is 9.97 Å². The second-order valence-electron chi connectivity index (χ2n) is 10.4. The molecule has 3 heterocycles. The van der Waals surface area contributed by atoms with Gasteiger partial charge >= 0.3 is 0 Å². The van der Waals surface area contributed by atoms with Crippen molar-refractivity contribution in [1.29, 1.82) is 0 Å². The quantitative estimate of drug-likeness (QED) is 0.659. The van der Waals surface area contributed by atoms with Crippen LogP contribution in [-0.2, 0) is 28.7 Å². The summed E-state index contributed by atoms with van der Waals surface area (Å²) >= 11 is 0. The van der Waals surface area contributed by atoms with Crippen molar-refractivity contribution in [1.82, 2.24) is 20.2 Å². The summed E-state index contributed by atoms with van der Waals surface area (Å²) in [5.41, 5.74) is 5.50. The van der Waals surface area contributed by atoms with Crippen molar-refractivity contribution in [3.8, 4) is 0 Å². The van der Waals surface area contributed by atoms with Crippen molar-refractivity contribution in [3.63, 3.8) is 0 Å². The fourth-order valence-electron chi connectivity index (χ4n) is 5.99. The van der Waals surface area contributed by atoms with Gasteiger partial charge in [0.1, 0.15) is 12.0 Å². The fraction of sp³-hybridized carbons (Fsp3) is 0.607. The number of amides is 1. The van der Waals surface area contributed by atoms with Gasteiger partial charge in [-0.15, -0.1) is 0 Å². The van der Waals surface area contributed by atoms with Crippen LogP contribution < -0.4 is 5.32 Å². The standard InChI is InChI=1S/C28H38N4O3/c1-19-24(8-7-20-15-21-5-3-4-6-22(21)16-20)29-18-30-27(19)28(33)32-12-9-23(10-13-32)31-25-11-14-35-17-26(25)34-2/h3-6,18,20,23,25-26,31H,7-17H2,1-2H3. The Morgan fingerprint density at radius 3 is 2.60 bits per heavy atom. The summed E-state index contributed by atoms with van der Waals surface area (Å²) in [6.45, 7) is 4.93. The highest BCUT2D eigenvalue weighted by Crippen LogP contribution is 2.30. The van der Waals surface area contributed by atoms with Crippen LogP contribution in [0.5, 0.6) is 0 Å². The molecule has 2 unspecified atom stereocenters. The molecular weight excluding hydrogens is 440 g/mol. The summed E-state index contributed by atoms with van der Waals surface area (Å²) < 4.78 is 11.1. The molecule has 2 saturated heterocycles. The molecule has 2 atom stereocenters. The highest BCUT2D eigenvalue weighted by atomic mass is 16.5. The predicted molar refractivity (Wildman–Crippen MR) is 135 cm³/mol. The lowest BCUT2D eigenvalue weighted by molar-refractivity contribution is -0.0533. The van der Waals surface area contributed by atoms with Crippen LogP contribution in [0.1, 0.15) is 58.6 Å². The van der Waals surface area contributed by atoms with Gasteiger partial charge in [0.05, 0.1) is 12.7 Å². The van der Waals surface area contributed by atoms with Crippen LogP contribution in [0.2, 0.25) is 0 Å². The van der Waals surface area contributed by atoms with Crippen LogP contribution in [0.3, 0.4) is 0 Å². The maximum atomic E-state index is 13.4. The summed E-state index contributed by atoms with van der Waals surface area (Å²) in [5, 5.41) is 3.76. The van der Waals surface area contributed by atoms with Gasteiger partial charge in [-0.2, -0.15) is 0 Å². The van der Waals surface area contributed by atoms with E-state index in [9.17, 15) is 4.79 Å². The summed E-state index contributed by atoms with van der Waals surface area (Å²) in [4.78, 5) is 24.3. The third-order valence-corrected chi connectivity index (χ3v) is 8.15. The number of benzene rings is 1. The minimum absolute atomic E-state index is 0.0405. The number of nitrogens with one attached hydrogen (secondary N) is 1. The Labute approximate surface area is 208 Å². The Morgan fingerprint density at radius 1 is 1.14 bits per heavy atom. The lowest BCUT2D eigenvalue weighted by Crippen LogP contribution is -2.54. The van der Waals surface area contributed by atoms with Crippen LogP contribution in [-0.4, -0.2) is 72.4 Å². The van der Waals surface area contributed by atoms with Crippen LogP contribution in [0.4, 0.5) is 0 Å². The topological polar surface area (TPSA) is 76.6 Å². The average Bonchev–Trinajstić information content (AvgIpc) is 3.31. The van der Waals surface area contributed by atoms with Gasteiger partial charge in [0.15, 0.2) is 0 Å². The molecule has 5 rings (SSSR count). The van der Waals surface area contributed by atoms with Crippen molar-refractivity contribution in [2.75, 3.05) is 33.4 Å². The molecule has 1 aromatic carbocycles.